The van der Waals surface area contributed by atoms with Crippen molar-refractivity contribution in [2.75, 3.05) is 23.8 Å². The monoisotopic (exact) mass is 417 g/mol. The van der Waals surface area contributed by atoms with E-state index in [0.717, 1.165) is 22.6 Å². The van der Waals surface area contributed by atoms with Gasteiger partial charge in [0.05, 0.1) is 13.2 Å². The quantitative estimate of drug-likeness (QED) is 0.483. The predicted octanol–water partition coefficient (Wildman–Crippen LogP) is 4.37. The van der Waals surface area contributed by atoms with Gasteiger partial charge in [-0.2, -0.15) is 0 Å². The second-order valence-electron chi connectivity index (χ2n) is 7.11. The number of benzene rings is 3. The predicted molar refractivity (Wildman–Crippen MR) is 124 cm³/mol. The molecule has 0 heterocycles. The summed E-state index contributed by atoms with van der Waals surface area (Å²) in [6, 6.07) is 22.3. The van der Waals surface area contributed by atoms with Crippen molar-refractivity contribution < 1.29 is 14.3 Å². The smallest absolute Gasteiger partial charge is 0.255 e. The van der Waals surface area contributed by atoms with Crippen LogP contribution in [0.25, 0.3) is 0 Å². The number of amides is 2. The zero-order valence-corrected chi connectivity index (χ0v) is 17.8. The average Bonchev–Trinajstić information content (AvgIpc) is 2.78. The van der Waals surface area contributed by atoms with Gasteiger partial charge in [-0.3, -0.25) is 9.59 Å². The second-order valence-corrected chi connectivity index (χ2v) is 7.11. The summed E-state index contributed by atoms with van der Waals surface area (Å²) in [5, 5.41) is 8.81. The highest BCUT2D eigenvalue weighted by atomic mass is 16.5. The molecule has 31 heavy (non-hydrogen) atoms. The number of aryl methyl sites for hydroxylation is 1. The maximum atomic E-state index is 12.4. The number of hydrogen-bond donors (Lipinski definition) is 3. The van der Waals surface area contributed by atoms with E-state index in [1.54, 1.807) is 36.4 Å². The molecule has 6 nitrogen and oxygen atoms in total. The SMILES string of the molecule is CCOc1ccc(NC(=O)c2ccc(NCC(=O)NCc3cccc(C)c3)cc2)cc1. The maximum absolute atomic E-state index is 12.4. The molecule has 0 aromatic heterocycles. The zero-order chi connectivity index (χ0) is 22.1. The molecule has 3 rings (SSSR count). The van der Waals surface area contributed by atoms with Gasteiger partial charge >= 0.3 is 0 Å². The standard InChI is InChI=1S/C25H27N3O3/c1-3-31-23-13-11-22(12-14-23)28-25(30)20-7-9-21(10-8-20)26-17-24(29)27-16-19-6-4-5-18(2)15-19/h4-15,26H,3,16-17H2,1-2H3,(H,27,29)(H,28,30). The lowest BCUT2D eigenvalue weighted by Gasteiger charge is -2.10. The third-order valence-corrected chi connectivity index (χ3v) is 4.60. The number of carbonyl (C=O) groups is 2. The number of anilines is 2. The number of ether oxygens (including phenoxy) is 1. The van der Waals surface area contributed by atoms with Crippen LogP contribution in [-0.4, -0.2) is 25.0 Å². The van der Waals surface area contributed by atoms with Gasteiger partial charge in [0, 0.05) is 23.5 Å². The maximum Gasteiger partial charge on any atom is 0.255 e. The van der Waals surface area contributed by atoms with Crippen LogP contribution in [0.2, 0.25) is 0 Å². The Bertz CT molecular complexity index is 1010. The molecule has 0 bridgehead atoms. The fourth-order valence-electron chi connectivity index (χ4n) is 3.01. The van der Waals surface area contributed by atoms with Crippen LogP contribution in [-0.2, 0) is 11.3 Å². The Morgan fingerprint density at radius 1 is 0.903 bits per heavy atom. The summed E-state index contributed by atoms with van der Waals surface area (Å²) < 4.78 is 5.40. The Morgan fingerprint density at radius 3 is 2.29 bits per heavy atom. The molecule has 0 fully saturated rings. The van der Waals surface area contributed by atoms with Gasteiger partial charge in [0.2, 0.25) is 5.91 Å². The molecule has 0 atom stereocenters. The first kappa shape index (κ1) is 21.9. The van der Waals surface area contributed by atoms with Crippen molar-refractivity contribution in [3.05, 3.63) is 89.5 Å². The normalized spacial score (nSPS) is 10.3. The Morgan fingerprint density at radius 2 is 1.61 bits per heavy atom. The lowest BCUT2D eigenvalue weighted by atomic mass is 10.1. The van der Waals surface area contributed by atoms with Crippen molar-refractivity contribution in [1.29, 1.82) is 0 Å². The van der Waals surface area contributed by atoms with Crippen LogP contribution < -0.4 is 20.7 Å². The summed E-state index contributed by atoms with van der Waals surface area (Å²) >= 11 is 0. The van der Waals surface area contributed by atoms with Crippen molar-refractivity contribution in [2.24, 2.45) is 0 Å². The molecule has 3 aromatic carbocycles. The number of rotatable bonds is 9. The van der Waals surface area contributed by atoms with Crippen LogP contribution in [0.3, 0.4) is 0 Å². The van der Waals surface area contributed by atoms with Crippen molar-refractivity contribution in [1.82, 2.24) is 5.32 Å². The van der Waals surface area contributed by atoms with Gasteiger partial charge < -0.3 is 20.7 Å². The highest BCUT2D eigenvalue weighted by Crippen LogP contribution is 2.17. The van der Waals surface area contributed by atoms with E-state index < -0.39 is 0 Å². The first-order valence-corrected chi connectivity index (χ1v) is 10.2. The summed E-state index contributed by atoms with van der Waals surface area (Å²) in [5.74, 6) is 0.462. The molecule has 0 saturated carbocycles. The van der Waals surface area contributed by atoms with Crippen LogP contribution in [0.1, 0.15) is 28.4 Å². The van der Waals surface area contributed by atoms with E-state index >= 15 is 0 Å². The van der Waals surface area contributed by atoms with Crippen LogP contribution >= 0.6 is 0 Å². The van der Waals surface area contributed by atoms with Crippen molar-refractivity contribution in [3.8, 4) is 5.75 Å². The summed E-state index contributed by atoms with van der Waals surface area (Å²) in [6.45, 7) is 5.19. The first-order valence-electron chi connectivity index (χ1n) is 10.2. The van der Waals surface area contributed by atoms with Crippen LogP contribution in [0.5, 0.6) is 5.75 Å². The minimum Gasteiger partial charge on any atom is -0.494 e. The van der Waals surface area contributed by atoms with E-state index in [0.29, 0.717) is 24.4 Å². The molecule has 0 aliphatic rings. The average molecular weight is 418 g/mol. The molecule has 0 spiro atoms. The minimum atomic E-state index is -0.202. The molecule has 0 aliphatic heterocycles. The lowest BCUT2D eigenvalue weighted by Crippen LogP contribution is -2.29. The molecule has 160 valence electrons. The van der Waals surface area contributed by atoms with E-state index in [2.05, 4.69) is 16.0 Å². The van der Waals surface area contributed by atoms with Gasteiger partial charge in [-0.15, -0.1) is 0 Å². The molecule has 3 N–H and O–H groups in total. The van der Waals surface area contributed by atoms with Crippen LogP contribution in [0, 0.1) is 6.92 Å². The highest BCUT2D eigenvalue weighted by Gasteiger charge is 2.07. The molecule has 0 saturated heterocycles. The molecule has 6 heteroatoms. The molecule has 2 amide bonds. The van der Waals surface area contributed by atoms with E-state index in [9.17, 15) is 9.59 Å². The lowest BCUT2D eigenvalue weighted by molar-refractivity contribution is -0.119. The molecule has 0 aliphatic carbocycles. The largest absolute Gasteiger partial charge is 0.494 e. The fraction of sp³-hybridized carbons (Fsp3) is 0.200. The number of carbonyl (C=O) groups excluding carboxylic acids is 2. The minimum absolute atomic E-state index is 0.0983. The third kappa shape index (κ3) is 6.89. The highest BCUT2D eigenvalue weighted by molar-refractivity contribution is 6.04. The molecule has 0 radical (unpaired) electrons. The molecule has 3 aromatic rings. The van der Waals surface area contributed by atoms with Crippen molar-refractivity contribution in [2.45, 2.75) is 20.4 Å². The van der Waals surface area contributed by atoms with Gasteiger partial charge in [-0.25, -0.2) is 0 Å². The van der Waals surface area contributed by atoms with Crippen molar-refractivity contribution >= 4 is 23.2 Å². The van der Waals surface area contributed by atoms with Crippen molar-refractivity contribution in [3.63, 3.8) is 0 Å². The molecular weight excluding hydrogens is 390 g/mol. The van der Waals surface area contributed by atoms with Gasteiger partial charge in [0.1, 0.15) is 5.75 Å². The topological polar surface area (TPSA) is 79.5 Å². The van der Waals surface area contributed by atoms with Gasteiger partial charge in [0.15, 0.2) is 0 Å². The van der Waals surface area contributed by atoms with Gasteiger partial charge in [0.25, 0.3) is 5.91 Å². The summed E-state index contributed by atoms with van der Waals surface area (Å²) in [5.41, 5.74) is 4.22. The van der Waals surface area contributed by atoms with Gasteiger partial charge in [-0.05, 0) is 67.9 Å². The Hall–Kier alpha value is -3.80. The Labute approximate surface area is 182 Å². The third-order valence-electron chi connectivity index (χ3n) is 4.60. The van der Waals surface area contributed by atoms with E-state index in [1.807, 2.05) is 50.2 Å². The first-order chi connectivity index (χ1) is 15.0. The summed E-state index contributed by atoms with van der Waals surface area (Å²) in [4.78, 5) is 24.5. The zero-order valence-electron chi connectivity index (χ0n) is 17.8. The molecular formula is C25H27N3O3. The number of nitrogens with one attached hydrogen (secondary N) is 3. The second kappa shape index (κ2) is 10.8. The Balaban J connectivity index is 1.45. The van der Waals surface area contributed by atoms with E-state index in [1.165, 1.54) is 0 Å². The summed E-state index contributed by atoms with van der Waals surface area (Å²) in [7, 11) is 0. The summed E-state index contributed by atoms with van der Waals surface area (Å²) in [6.07, 6.45) is 0. The molecule has 0 unspecified atom stereocenters. The van der Waals surface area contributed by atoms with E-state index in [4.69, 9.17) is 4.74 Å². The van der Waals surface area contributed by atoms with Crippen LogP contribution in [0.4, 0.5) is 11.4 Å². The fourth-order valence-corrected chi connectivity index (χ4v) is 3.01. The Kier molecular flexibility index (Phi) is 7.65. The number of hydrogen-bond acceptors (Lipinski definition) is 4. The van der Waals surface area contributed by atoms with Crippen LogP contribution in [0.15, 0.2) is 72.8 Å². The van der Waals surface area contributed by atoms with Gasteiger partial charge in [-0.1, -0.05) is 29.8 Å². The van der Waals surface area contributed by atoms with E-state index in [-0.39, 0.29) is 18.4 Å².